The van der Waals surface area contributed by atoms with Crippen molar-refractivity contribution in [3.63, 3.8) is 0 Å². The molecule has 0 unspecified atom stereocenters. The summed E-state index contributed by atoms with van der Waals surface area (Å²) >= 11 is 0. The Morgan fingerprint density at radius 3 is 2.14 bits per heavy atom. The molecule has 0 amide bonds. The number of pyridine rings is 1. The van der Waals surface area contributed by atoms with Crippen LogP contribution in [-0.4, -0.2) is 37.6 Å². The second-order valence-electron chi connectivity index (χ2n) is 8.08. The Morgan fingerprint density at radius 2 is 1.66 bits per heavy atom. The van der Waals surface area contributed by atoms with Gasteiger partial charge in [0.2, 0.25) is 0 Å². The Balaban J connectivity index is 2.13. The number of halogens is 3. The van der Waals surface area contributed by atoms with E-state index in [4.69, 9.17) is 14.3 Å². The molecule has 0 spiro atoms. The summed E-state index contributed by atoms with van der Waals surface area (Å²) in [4.78, 5) is 14.4. The molecule has 158 valence electrons. The fourth-order valence-electron chi connectivity index (χ4n) is 2.27. The van der Waals surface area contributed by atoms with Crippen LogP contribution in [0.4, 0.5) is 13.2 Å². The third kappa shape index (κ3) is 5.36. The molecule has 0 fully saturated rings. The molecule has 5 nitrogen and oxygen atoms in total. The Hall–Kier alpha value is -2.39. The monoisotopic (exact) mass is 427 g/mol. The summed E-state index contributed by atoms with van der Waals surface area (Å²) in [5, 5.41) is 8.86. The van der Waals surface area contributed by atoms with E-state index < -0.39 is 48.6 Å². The molecule has 1 aromatic carbocycles. The van der Waals surface area contributed by atoms with Crippen molar-refractivity contribution >= 4 is 14.3 Å². The Kier molecular flexibility index (Phi) is 6.74. The molecule has 2 aromatic rings. The van der Waals surface area contributed by atoms with Crippen LogP contribution in [0.1, 0.15) is 31.1 Å². The predicted molar refractivity (Wildman–Crippen MR) is 105 cm³/mol. The molecule has 0 bridgehead atoms. The molecular formula is C20H24F3NO4Si. The van der Waals surface area contributed by atoms with E-state index in [1.807, 2.05) is 0 Å². The largest absolute Gasteiger partial charge is 0.491 e. The average Bonchev–Trinajstić information content (AvgIpc) is 2.58. The van der Waals surface area contributed by atoms with Crippen molar-refractivity contribution in [2.24, 2.45) is 0 Å². The normalized spacial score (nSPS) is 12.1. The van der Waals surface area contributed by atoms with E-state index in [2.05, 4.69) is 38.8 Å². The maximum atomic E-state index is 14.4. The molecule has 1 heterocycles. The first-order valence-corrected chi connectivity index (χ1v) is 11.9. The quantitative estimate of drug-likeness (QED) is 0.482. The highest BCUT2D eigenvalue weighted by molar-refractivity contribution is 6.74. The Bertz CT molecular complexity index is 890. The summed E-state index contributed by atoms with van der Waals surface area (Å²) in [6.45, 7) is 10.8. The van der Waals surface area contributed by atoms with Gasteiger partial charge in [0.15, 0.2) is 14.1 Å². The lowest BCUT2D eigenvalue weighted by molar-refractivity contribution is 0.0696. The number of hydrogen-bond acceptors (Lipinski definition) is 4. The third-order valence-electron chi connectivity index (χ3n) is 4.96. The minimum atomic E-state index is -1.96. The minimum absolute atomic E-state index is 0.0279. The van der Waals surface area contributed by atoms with Crippen LogP contribution in [0, 0.1) is 17.5 Å². The highest BCUT2D eigenvalue weighted by atomic mass is 28.4. The molecule has 0 saturated heterocycles. The molecule has 2 rings (SSSR count). The van der Waals surface area contributed by atoms with Crippen molar-refractivity contribution in [1.82, 2.24) is 4.98 Å². The number of carboxylic acids is 1. The molecule has 1 N–H and O–H groups in total. The maximum Gasteiger partial charge on any atom is 0.337 e. The number of carbonyl (C=O) groups is 1. The summed E-state index contributed by atoms with van der Waals surface area (Å²) in [5.41, 5.74) is -1.73. The van der Waals surface area contributed by atoms with Crippen molar-refractivity contribution in [2.45, 2.75) is 38.9 Å². The van der Waals surface area contributed by atoms with Crippen LogP contribution < -0.4 is 4.74 Å². The van der Waals surface area contributed by atoms with Gasteiger partial charge in [0.25, 0.3) is 0 Å². The summed E-state index contributed by atoms with van der Waals surface area (Å²) in [6.07, 6.45) is 0.836. The molecular weight excluding hydrogens is 403 g/mol. The SMILES string of the molecule is CC(C)(C)[Si](C)(C)OCCOc1cc(F)c(-c2ncc(C(=O)O)cc2F)c(F)c1. The second-order valence-corrected chi connectivity index (χ2v) is 12.9. The fraction of sp³-hybridized carbons (Fsp3) is 0.400. The predicted octanol–water partition coefficient (Wildman–Crippen LogP) is 5.26. The van der Waals surface area contributed by atoms with Crippen molar-refractivity contribution in [1.29, 1.82) is 0 Å². The first-order valence-electron chi connectivity index (χ1n) is 8.98. The molecule has 0 atom stereocenters. The van der Waals surface area contributed by atoms with Crippen LogP contribution >= 0.6 is 0 Å². The van der Waals surface area contributed by atoms with E-state index in [1.165, 1.54) is 0 Å². The van der Waals surface area contributed by atoms with Gasteiger partial charge in [-0.25, -0.2) is 18.0 Å². The summed E-state index contributed by atoms with van der Waals surface area (Å²) in [5.74, 6) is -4.74. The van der Waals surface area contributed by atoms with Crippen LogP contribution in [-0.2, 0) is 4.43 Å². The fourth-order valence-corrected chi connectivity index (χ4v) is 3.30. The third-order valence-corrected chi connectivity index (χ3v) is 9.50. The Labute approximate surface area is 168 Å². The van der Waals surface area contributed by atoms with Gasteiger partial charge in [0.1, 0.15) is 29.7 Å². The minimum Gasteiger partial charge on any atom is -0.491 e. The van der Waals surface area contributed by atoms with Gasteiger partial charge in [0, 0.05) is 18.3 Å². The molecule has 9 heteroatoms. The topological polar surface area (TPSA) is 68.7 Å². The van der Waals surface area contributed by atoms with Gasteiger partial charge in [-0.05, 0) is 24.2 Å². The first-order chi connectivity index (χ1) is 13.3. The average molecular weight is 427 g/mol. The molecule has 0 aliphatic carbocycles. The lowest BCUT2D eigenvalue weighted by atomic mass is 10.1. The zero-order valence-corrected chi connectivity index (χ0v) is 18.0. The molecule has 29 heavy (non-hydrogen) atoms. The highest BCUT2D eigenvalue weighted by Crippen LogP contribution is 2.36. The van der Waals surface area contributed by atoms with E-state index in [-0.39, 0.29) is 24.0 Å². The number of ether oxygens (including phenoxy) is 1. The molecule has 1 aromatic heterocycles. The number of nitrogens with zero attached hydrogens (tertiary/aromatic N) is 1. The number of aromatic carboxylic acids is 1. The summed E-state index contributed by atoms with van der Waals surface area (Å²) < 4.78 is 54.3. The van der Waals surface area contributed by atoms with Gasteiger partial charge in [-0.3, -0.25) is 4.98 Å². The van der Waals surface area contributed by atoms with Gasteiger partial charge >= 0.3 is 5.97 Å². The van der Waals surface area contributed by atoms with Crippen LogP contribution in [0.15, 0.2) is 24.4 Å². The van der Waals surface area contributed by atoms with Crippen LogP contribution in [0.5, 0.6) is 5.75 Å². The van der Waals surface area contributed by atoms with Crippen LogP contribution in [0.25, 0.3) is 11.3 Å². The van der Waals surface area contributed by atoms with Gasteiger partial charge < -0.3 is 14.3 Å². The number of benzene rings is 1. The smallest absolute Gasteiger partial charge is 0.337 e. The molecule has 0 radical (unpaired) electrons. The number of hydrogen-bond donors (Lipinski definition) is 1. The van der Waals surface area contributed by atoms with Crippen LogP contribution in [0.3, 0.4) is 0 Å². The lowest BCUT2D eigenvalue weighted by Gasteiger charge is -2.36. The maximum absolute atomic E-state index is 14.4. The van der Waals surface area contributed by atoms with E-state index in [1.54, 1.807) is 0 Å². The van der Waals surface area contributed by atoms with Crippen molar-refractivity contribution in [3.05, 3.63) is 47.4 Å². The molecule has 0 aliphatic heterocycles. The zero-order valence-electron chi connectivity index (χ0n) is 17.0. The van der Waals surface area contributed by atoms with Crippen molar-refractivity contribution in [2.75, 3.05) is 13.2 Å². The lowest BCUT2D eigenvalue weighted by Crippen LogP contribution is -2.41. The highest BCUT2D eigenvalue weighted by Gasteiger charge is 2.36. The molecule has 0 saturated carbocycles. The van der Waals surface area contributed by atoms with Gasteiger partial charge in [-0.2, -0.15) is 0 Å². The van der Waals surface area contributed by atoms with E-state index in [0.29, 0.717) is 6.07 Å². The van der Waals surface area contributed by atoms with Gasteiger partial charge in [-0.15, -0.1) is 0 Å². The van der Waals surface area contributed by atoms with Crippen molar-refractivity contribution in [3.8, 4) is 17.0 Å². The van der Waals surface area contributed by atoms with Gasteiger partial charge in [0.05, 0.1) is 17.7 Å². The van der Waals surface area contributed by atoms with Gasteiger partial charge in [-0.1, -0.05) is 20.8 Å². The van der Waals surface area contributed by atoms with Crippen molar-refractivity contribution < 1.29 is 32.2 Å². The van der Waals surface area contributed by atoms with Crippen LogP contribution in [0.2, 0.25) is 18.1 Å². The summed E-state index contributed by atoms with van der Waals surface area (Å²) in [7, 11) is -1.96. The van der Waals surface area contributed by atoms with E-state index in [9.17, 15) is 18.0 Å². The zero-order chi connectivity index (χ0) is 22.0. The number of rotatable bonds is 7. The molecule has 0 aliphatic rings. The standard InChI is InChI=1S/C20H24F3NO4Si/c1-20(2,3)29(4,5)28-7-6-27-13-9-14(21)17(15(22)10-13)18-16(23)8-12(11-24-18)19(25)26/h8-11H,6-7H2,1-5H3,(H,25,26). The number of carboxylic acid groups (broad SMARTS) is 1. The number of aromatic nitrogens is 1. The second kappa shape index (κ2) is 8.54. The van der Waals surface area contributed by atoms with E-state index in [0.717, 1.165) is 18.3 Å². The Morgan fingerprint density at radius 1 is 1.07 bits per heavy atom. The van der Waals surface area contributed by atoms with E-state index >= 15 is 0 Å². The first kappa shape index (κ1) is 22.9. The summed E-state index contributed by atoms with van der Waals surface area (Å²) in [6, 6.07) is 2.51.